The Morgan fingerprint density at radius 2 is 2.25 bits per heavy atom. The average Bonchev–Trinajstić information content (AvgIpc) is 2.86. The Kier molecular flexibility index (Phi) is 4.08. The maximum atomic E-state index is 12.2. The number of rotatable bonds is 4. The van der Waals surface area contributed by atoms with E-state index in [1.807, 2.05) is 33.2 Å². The number of hydrogen-bond acceptors (Lipinski definition) is 3. The first-order chi connectivity index (χ1) is 9.51. The lowest BCUT2D eigenvalue weighted by molar-refractivity contribution is 0.0937. The van der Waals surface area contributed by atoms with Crippen molar-refractivity contribution in [2.45, 2.75) is 26.3 Å². The Hall–Kier alpha value is -2.30. The second-order valence-electron chi connectivity index (χ2n) is 4.85. The molecule has 0 radical (unpaired) electrons. The van der Waals surface area contributed by atoms with Crippen LogP contribution in [0.15, 0.2) is 30.6 Å². The van der Waals surface area contributed by atoms with Gasteiger partial charge >= 0.3 is 0 Å². The zero-order valence-electron chi connectivity index (χ0n) is 11.9. The summed E-state index contributed by atoms with van der Waals surface area (Å²) in [6, 6.07) is 4.93. The molecule has 0 aliphatic heterocycles. The van der Waals surface area contributed by atoms with Gasteiger partial charge in [0, 0.05) is 18.8 Å². The maximum Gasteiger partial charge on any atom is 0.255 e. The molecule has 2 aromatic rings. The largest absolute Gasteiger partial charge is 0.507 e. The minimum absolute atomic E-state index is 0.00177. The molecule has 0 saturated heterocycles. The van der Waals surface area contributed by atoms with Crippen LogP contribution in [0.1, 0.15) is 41.4 Å². The van der Waals surface area contributed by atoms with Gasteiger partial charge in [-0.3, -0.25) is 9.48 Å². The quantitative estimate of drug-likeness (QED) is 0.897. The molecule has 0 unspecified atom stereocenters. The summed E-state index contributed by atoms with van der Waals surface area (Å²) in [4.78, 5) is 12.2. The van der Waals surface area contributed by atoms with Crippen molar-refractivity contribution in [3.63, 3.8) is 0 Å². The van der Waals surface area contributed by atoms with Gasteiger partial charge < -0.3 is 10.4 Å². The van der Waals surface area contributed by atoms with Crippen LogP contribution in [0.2, 0.25) is 0 Å². The number of phenolic OH excluding ortho intramolecular Hbond substituents is 1. The predicted molar refractivity (Wildman–Crippen MR) is 76.6 cm³/mol. The normalized spacial score (nSPS) is 12.2. The third-order valence-electron chi connectivity index (χ3n) is 3.29. The molecule has 0 saturated carbocycles. The Labute approximate surface area is 118 Å². The van der Waals surface area contributed by atoms with Gasteiger partial charge in [0.1, 0.15) is 5.75 Å². The first-order valence-electron chi connectivity index (χ1n) is 6.62. The number of benzene rings is 1. The summed E-state index contributed by atoms with van der Waals surface area (Å²) in [5.74, 6) is -0.285. The molecule has 1 aromatic carbocycles. The van der Waals surface area contributed by atoms with Crippen molar-refractivity contribution in [3.05, 3.63) is 47.3 Å². The van der Waals surface area contributed by atoms with Gasteiger partial charge in [0.2, 0.25) is 0 Å². The number of phenols is 1. The van der Waals surface area contributed by atoms with E-state index in [9.17, 15) is 9.90 Å². The Bertz CT molecular complexity index is 619. The van der Waals surface area contributed by atoms with Crippen LogP contribution >= 0.6 is 0 Å². The van der Waals surface area contributed by atoms with Gasteiger partial charge in [-0.25, -0.2) is 0 Å². The van der Waals surface area contributed by atoms with Crippen molar-refractivity contribution in [1.82, 2.24) is 15.1 Å². The van der Waals surface area contributed by atoms with Crippen LogP contribution in [-0.4, -0.2) is 20.8 Å². The highest BCUT2D eigenvalue weighted by Crippen LogP contribution is 2.20. The van der Waals surface area contributed by atoms with Gasteiger partial charge in [-0.2, -0.15) is 5.10 Å². The standard InChI is InChI=1S/C15H19N3O2/c1-4-11-5-6-14(19)13(7-11)15(20)17-10(2)12-8-16-18(3)9-12/h5-10,19H,4H2,1-3H3,(H,17,20)/t10-/m1/s1. The van der Waals surface area contributed by atoms with E-state index in [0.717, 1.165) is 17.5 Å². The summed E-state index contributed by atoms with van der Waals surface area (Å²) in [7, 11) is 1.83. The number of amides is 1. The van der Waals surface area contributed by atoms with E-state index >= 15 is 0 Å². The smallest absolute Gasteiger partial charge is 0.255 e. The SMILES string of the molecule is CCc1ccc(O)c(C(=O)N[C@H](C)c2cnn(C)c2)c1. The van der Waals surface area contributed by atoms with E-state index in [1.54, 1.807) is 23.0 Å². The lowest BCUT2D eigenvalue weighted by Gasteiger charge is -2.13. The summed E-state index contributed by atoms with van der Waals surface area (Å²) >= 11 is 0. The van der Waals surface area contributed by atoms with Crippen LogP contribution in [0.25, 0.3) is 0 Å². The summed E-state index contributed by atoms with van der Waals surface area (Å²) < 4.78 is 1.69. The van der Waals surface area contributed by atoms with Gasteiger partial charge in [0.15, 0.2) is 0 Å². The number of nitrogens with zero attached hydrogens (tertiary/aromatic N) is 2. The highest BCUT2D eigenvalue weighted by molar-refractivity contribution is 5.97. The van der Waals surface area contributed by atoms with E-state index in [1.165, 1.54) is 0 Å². The molecule has 2 rings (SSSR count). The summed E-state index contributed by atoms with van der Waals surface area (Å²) in [6.45, 7) is 3.89. The third-order valence-corrected chi connectivity index (χ3v) is 3.29. The van der Waals surface area contributed by atoms with Crippen molar-refractivity contribution in [3.8, 4) is 5.75 Å². The number of aromatic hydroxyl groups is 1. The molecule has 5 nitrogen and oxygen atoms in total. The van der Waals surface area contributed by atoms with E-state index < -0.39 is 0 Å². The molecule has 0 aliphatic rings. The molecular formula is C15H19N3O2. The fourth-order valence-electron chi connectivity index (χ4n) is 2.01. The molecule has 0 fully saturated rings. The number of carbonyl (C=O) groups is 1. The van der Waals surface area contributed by atoms with Crippen molar-refractivity contribution >= 4 is 5.91 Å². The summed E-state index contributed by atoms with van der Waals surface area (Å²) in [5, 5.41) is 16.8. The van der Waals surface area contributed by atoms with Crippen molar-refractivity contribution in [1.29, 1.82) is 0 Å². The topological polar surface area (TPSA) is 67.2 Å². The Balaban J connectivity index is 2.15. The number of hydrogen-bond donors (Lipinski definition) is 2. The van der Waals surface area contributed by atoms with Crippen LogP contribution in [0.4, 0.5) is 0 Å². The number of nitrogens with one attached hydrogen (secondary N) is 1. The fraction of sp³-hybridized carbons (Fsp3) is 0.333. The maximum absolute atomic E-state index is 12.2. The fourth-order valence-corrected chi connectivity index (χ4v) is 2.01. The number of aromatic nitrogens is 2. The van der Waals surface area contributed by atoms with Crippen LogP contribution in [0.5, 0.6) is 5.75 Å². The highest BCUT2D eigenvalue weighted by Gasteiger charge is 2.16. The highest BCUT2D eigenvalue weighted by atomic mass is 16.3. The minimum Gasteiger partial charge on any atom is -0.507 e. The van der Waals surface area contributed by atoms with E-state index in [2.05, 4.69) is 10.4 Å². The van der Waals surface area contributed by atoms with Crippen LogP contribution in [-0.2, 0) is 13.5 Å². The molecule has 2 N–H and O–H groups in total. The summed E-state index contributed by atoms with van der Waals surface area (Å²) in [5.41, 5.74) is 2.24. The van der Waals surface area contributed by atoms with Gasteiger partial charge in [-0.05, 0) is 31.0 Å². The number of carbonyl (C=O) groups excluding carboxylic acids is 1. The molecule has 106 valence electrons. The van der Waals surface area contributed by atoms with Crippen molar-refractivity contribution in [2.24, 2.45) is 7.05 Å². The lowest BCUT2D eigenvalue weighted by Crippen LogP contribution is -2.26. The van der Waals surface area contributed by atoms with Crippen LogP contribution in [0, 0.1) is 0 Å². The Morgan fingerprint density at radius 1 is 1.50 bits per heavy atom. The average molecular weight is 273 g/mol. The van der Waals surface area contributed by atoms with Gasteiger partial charge in [-0.1, -0.05) is 13.0 Å². The van der Waals surface area contributed by atoms with Gasteiger partial charge in [0.05, 0.1) is 17.8 Å². The van der Waals surface area contributed by atoms with Crippen molar-refractivity contribution < 1.29 is 9.90 Å². The van der Waals surface area contributed by atoms with E-state index in [-0.39, 0.29) is 17.7 Å². The molecule has 20 heavy (non-hydrogen) atoms. The number of aryl methyl sites for hydroxylation is 2. The van der Waals surface area contributed by atoms with Gasteiger partial charge in [-0.15, -0.1) is 0 Å². The van der Waals surface area contributed by atoms with E-state index in [0.29, 0.717) is 5.56 Å². The second-order valence-corrected chi connectivity index (χ2v) is 4.85. The molecule has 1 atom stereocenters. The molecular weight excluding hydrogens is 254 g/mol. The lowest BCUT2D eigenvalue weighted by atomic mass is 10.1. The minimum atomic E-state index is -0.283. The molecule has 0 spiro atoms. The first kappa shape index (κ1) is 14.1. The molecule has 1 aromatic heterocycles. The molecule has 1 amide bonds. The predicted octanol–water partition coefficient (Wildman–Crippen LogP) is 2.18. The zero-order valence-corrected chi connectivity index (χ0v) is 11.9. The van der Waals surface area contributed by atoms with Crippen LogP contribution in [0.3, 0.4) is 0 Å². The second kappa shape index (κ2) is 5.77. The molecule has 0 aliphatic carbocycles. The van der Waals surface area contributed by atoms with Crippen LogP contribution < -0.4 is 5.32 Å². The Morgan fingerprint density at radius 3 is 2.85 bits per heavy atom. The summed E-state index contributed by atoms with van der Waals surface area (Å²) in [6.07, 6.45) is 4.39. The molecule has 5 heteroatoms. The van der Waals surface area contributed by atoms with Gasteiger partial charge in [0.25, 0.3) is 5.91 Å². The van der Waals surface area contributed by atoms with E-state index in [4.69, 9.17) is 0 Å². The third kappa shape index (κ3) is 2.99. The first-order valence-corrected chi connectivity index (χ1v) is 6.62. The molecule has 0 bridgehead atoms. The van der Waals surface area contributed by atoms with Crippen molar-refractivity contribution in [2.75, 3.05) is 0 Å². The molecule has 1 heterocycles. The monoisotopic (exact) mass is 273 g/mol. The zero-order chi connectivity index (χ0) is 14.7.